The molecule has 32 heavy (non-hydrogen) atoms. The van der Waals surface area contributed by atoms with Gasteiger partial charge in [-0.3, -0.25) is 10.4 Å². The third-order valence-electron chi connectivity index (χ3n) is 6.13. The smallest absolute Gasteiger partial charge is 0.152 e. The molecule has 0 saturated heterocycles. The van der Waals surface area contributed by atoms with Gasteiger partial charge in [-0.25, -0.2) is 0 Å². The molecule has 0 radical (unpaired) electrons. The van der Waals surface area contributed by atoms with Crippen molar-refractivity contribution >= 4 is 82.8 Å². The number of para-hydroxylation sites is 1. The Hall–Kier alpha value is -3.34. The summed E-state index contributed by atoms with van der Waals surface area (Å²) in [4.78, 5) is 0. The van der Waals surface area contributed by atoms with Crippen LogP contribution < -0.4 is 10.4 Å². The Morgan fingerprint density at radius 2 is 1.28 bits per heavy atom. The molecule has 0 aromatic heterocycles. The first-order valence-electron chi connectivity index (χ1n) is 10.5. The number of fused-ring (bicyclic) bond motifs is 2. The molecule has 0 heterocycles. The van der Waals surface area contributed by atoms with Crippen LogP contribution in [0, 0.1) is 0 Å². The summed E-state index contributed by atoms with van der Waals surface area (Å²) in [7, 11) is 0. The van der Waals surface area contributed by atoms with E-state index in [9.17, 15) is 0 Å². The lowest BCUT2D eigenvalue weighted by Crippen LogP contribution is -2.36. The van der Waals surface area contributed by atoms with E-state index in [4.69, 9.17) is 12.2 Å². The number of thiocarbonyl (C=S) groups is 1. The zero-order chi connectivity index (χ0) is 21.7. The summed E-state index contributed by atoms with van der Waals surface area (Å²) < 4.78 is 0.726. The molecule has 2 nitrogen and oxygen atoms in total. The van der Waals surface area contributed by atoms with Crippen LogP contribution in [0.5, 0.6) is 0 Å². The highest BCUT2D eigenvalue weighted by atomic mass is 32.2. The molecule has 4 heteroatoms. The van der Waals surface area contributed by atoms with Crippen molar-refractivity contribution in [2.75, 3.05) is 11.3 Å². The van der Waals surface area contributed by atoms with Gasteiger partial charge in [0, 0.05) is 5.39 Å². The maximum absolute atomic E-state index is 5.58. The molecule has 6 aromatic carbocycles. The van der Waals surface area contributed by atoms with Crippen molar-refractivity contribution in [2.24, 2.45) is 0 Å². The normalized spacial score (nSPS) is 11.5. The van der Waals surface area contributed by atoms with E-state index in [1.54, 1.807) is 0 Å². The first-order chi connectivity index (χ1) is 15.8. The van der Waals surface area contributed by atoms with E-state index in [-0.39, 0.29) is 0 Å². The van der Waals surface area contributed by atoms with Crippen molar-refractivity contribution < 1.29 is 0 Å². The third kappa shape index (κ3) is 2.91. The highest BCUT2D eigenvalue weighted by Crippen LogP contribution is 2.44. The average Bonchev–Trinajstić information content (AvgIpc) is 2.86. The Bertz CT molecular complexity index is 1600. The Morgan fingerprint density at radius 1 is 0.656 bits per heavy atom. The summed E-state index contributed by atoms with van der Waals surface area (Å²) in [6, 6.07) is 34.6. The van der Waals surface area contributed by atoms with E-state index in [1.165, 1.54) is 54.9 Å². The van der Waals surface area contributed by atoms with Crippen molar-refractivity contribution in [3.05, 3.63) is 97.1 Å². The largest absolute Gasteiger partial charge is 0.278 e. The minimum absolute atomic E-state index is 0.726. The summed E-state index contributed by atoms with van der Waals surface area (Å²) >= 11 is 7.12. The molecule has 1 N–H and O–H groups in total. The zero-order valence-corrected chi connectivity index (χ0v) is 19.1. The lowest BCUT2D eigenvalue weighted by Gasteiger charge is -2.29. The quantitative estimate of drug-likeness (QED) is 0.127. The summed E-state index contributed by atoms with van der Waals surface area (Å²) in [5.41, 5.74) is 5.60. The van der Waals surface area contributed by atoms with Crippen LogP contribution in [-0.2, 0) is 0 Å². The Balaban J connectivity index is 1.80. The van der Waals surface area contributed by atoms with Crippen LogP contribution in [0.2, 0.25) is 0 Å². The molecule has 6 rings (SSSR count). The van der Waals surface area contributed by atoms with Crippen molar-refractivity contribution in [1.29, 1.82) is 0 Å². The SMILES string of the molecule is CSC(=S)NN(c1ccccc1)c1ccc2cccc3c4cccc5cccc(c1c23)c54. The monoisotopic (exact) mass is 448 g/mol. The van der Waals surface area contributed by atoms with E-state index in [1.807, 2.05) is 12.3 Å². The van der Waals surface area contributed by atoms with E-state index in [0.29, 0.717) is 0 Å². The van der Waals surface area contributed by atoms with E-state index < -0.39 is 0 Å². The number of hydrogen-bond donors (Lipinski definition) is 1. The van der Waals surface area contributed by atoms with Crippen molar-refractivity contribution in [1.82, 2.24) is 5.43 Å². The van der Waals surface area contributed by atoms with E-state index in [0.717, 1.165) is 15.7 Å². The molecule has 0 aliphatic heterocycles. The maximum Gasteiger partial charge on any atom is 0.152 e. The Labute approximate surface area is 196 Å². The first kappa shape index (κ1) is 19.4. The maximum atomic E-state index is 5.58. The summed E-state index contributed by atoms with van der Waals surface area (Å²) in [6.45, 7) is 0. The van der Waals surface area contributed by atoms with Crippen LogP contribution in [-0.4, -0.2) is 10.6 Å². The zero-order valence-electron chi connectivity index (χ0n) is 17.5. The molecule has 0 spiro atoms. The molecular formula is C28H20N2S2. The Morgan fingerprint density at radius 3 is 1.97 bits per heavy atom. The number of nitrogens with zero attached hydrogens (tertiary/aromatic N) is 1. The van der Waals surface area contributed by atoms with E-state index >= 15 is 0 Å². The number of thioether (sulfide) groups is 1. The number of nitrogens with one attached hydrogen (secondary N) is 1. The van der Waals surface area contributed by atoms with E-state index in [2.05, 4.69) is 101 Å². The van der Waals surface area contributed by atoms with Gasteiger partial charge in [-0.05, 0) is 62.2 Å². The lowest BCUT2D eigenvalue weighted by atomic mass is 9.89. The fraction of sp³-hybridized carbons (Fsp3) is 0.0357. The van der Waals surface area contributed by atoms with Crippen LogP contribution in [0.3, 0.4) is 0 Å². The van der Waals surface area contributed by atoms with Crippen molar-refractivity contribution in [3.8, 4) is 0 Å². The molecule has 0 unspecified atom stereocenters. The standard InChI is InChI=1S/C28H20N2S2/c1-32-28(31)29-30(20-11-3-2-4-12-20)24-17-16-19-10-6-14-22-21-13-5-8-18-9-7-15-23(25(18)21)27(24)26(19)22/h2-17H,1H3,(H,29,31). The molecule has 0 fully saturated rings. The Kier molecular flexibility index (Phi) is 4.63. The second-order valence-electron chi connectivity index (χ2n) is 7.85. The summed E-state index contributed by atoms with van der Waals surface area (Å²) in [5, 5.41) is 12.3. The predicted molar refractivity (Wildman–Crippen MR) is 145 cm³/mol. The number of rotatable bonds is 3. The van der Waals surface area contributed by atoms with Crippen LogP contribution in [0.15, 0.2) is 97.1 Å². The molecule has 0 atom stereocenters. The molecule has 0 bridgehead atoms. The van der Waals surface area contributed by atoms with Gasteiger partial charge >= 0.3 is 0 Å². The van der Waals surface area contributed by atoms with Gasteiger partial charge in [-0.2, -0.15) is 0 Å². The first-order valence-corrected chi connectivity index (χ1v) is 12.2. The van der Waals surface area contributed by atoms with Gasteiger partial charge in [0.05, 0.1) is 11.4 Å². The van der Waals surface area contributed by atoms with Crippen LogP contribution >= 0.6 is 24.0 Å². The number of hydrazine groups is 1. The van der Waals surface area contributed by atoms with Crippen LogP contribution in [0.4, 0.5) is 11.4 Å². The number of anilines is 2. The number of hydrogen-bond acceptors (Lipinski definition) is 3. The predicted octanol–water partition coefficient (Wildman–Crippen LogP) is 8.03. The van der Waals surface area contributed by atoms with Gasteiger partial charge in [0.1, 0.15) is 0 Å². The molecule has 0 saturated carbocycles. The van der Waals surface area contributed by atoms with Gasteiger partial charge in [-0.15, -0.1) is 0 Å². The second-order valence-corrected chi connectivity index (χ2v) is 9.33. The topological polar surface area (TPSA) is 15.3 Å². The molecule has 6 aromatic rings. The second kappa shape index (κ2) is 7.66. The van der Waals surface area contributed by atoms with Gasteiger partial charge < -0.3 is 0 Å². The molecule has 0 aliphatic rings. The minimum atomic E-state index is 0.726. The van der Waals surface area contributed by atoms with Crippen LogP contribution in [0.1, 0.15) is 0 Å². The van der Waals surface area contributed by atoms with Gasteiger partial charge in [0.25, 0.3) is 0 Å². The summed E-state index contributed by atoms with van der Waals surface area (Å²) in [6.07, 6.45) is 2.00. The fourth-order valence-electron chi connectivity index (χ4n) is 4.80. The summed E-state index contributed by atoms with van der Waals surface area (Å²) in [5.74, 6) is 0. The molecule has 0 aliphatic carbocycles. The minimum Gasteiger partial charge on any atom is -0.278 e. The van der Waals surface area contributed by atoms with Gasteiger partial charge in [0.15, 0.2) is 4.32 Å². The number of benzene rings is 6. The van der Waals surface area contributed by atoms with Crippen LogP contribution in [0.25, 0.3) is 43.1 Å². The average molecular weight is 449 g/mol. The fourth-order valence-corrected chi connectivity index (χ4v) is 5.08. The lowest BCUT2D eigenvalue weighted by molar-refractivity contribution is 0.963. The van der Waals surface area contributed by atoms with Crippen molar-refractivity contribution in [2.45, 2.75) is 0 Å². The third-order valence-corrected chi connectivity index (χ3v) is 7.18. The van der Waals surface area contributed by atoms with Gasteiger partial charge in [-0.1, -0.05) is 103 Å². The molecule has 154 valence electrons. The molecule has 0 amide bonds. The van der Waals surface area contributed by atoms with Gasteiger partial charge in [0.2, 0.25) is 0 Å². The highest BCUT2D eigenvalue weighted by Gasteiger charge is 2.20. The molecular weight excluding hydrogens is 428 g/mol. The highest BCUT2D eigenvalue weighted by molar-refractivity contribution is 8.22. The van der Waals surface area contributed by atoms with Crippen molar-refractivity contribution in [3.63, 3.8) is 0 Å².